The maximum atomic E-state index is 12.7. The summed E-state index contributed by atoms with van der Waals surface area (Å²) >= 11 is 0. The zero-order valence-corrected chi connectivity index (χ0v) is 16.4. The van der Waals surface area contributed by atoms with Crippen molar-refractivity contribution in [3.63, 3.8) is 0 Å². The Bertz CT molecular complexity index is 1000. The van der Waals surface area contributed by atoms with Crippen LogP contribution in [0.3, 0.4) is 0 Å². The van der Waals surface area contributed by atoms with Crippen molar-refractivity contribution in [3.05, 3.63) is 54.1 Å². The Kier molecular flexibility index (Phi) is 4.63. The molecule has 8 nitrogen and oxygen atoms in total. The van der Waals surface area contributed by atoms with Gasteiger partial charge in [-0.3, -0.25) is 4.79 Å². The molecule has 2 bridgehead atoms. The van der Waals surface area contributed by atoms with Gasteiger partial charge in [0.1, 0.15) is 18.8 Å². The topological polar surface area (TPSA) is 75.9 Å². The van der Waals surface area contributed by atoms with Crippen molar-refractivity contribution in [3.8, 4) is 0 Å². The van der Waals surface area contributed by atoms with Crippen LogP contribution in [0.5, 0.6) is 0 Å². The molecule has 0 radical (unpaired) electrons. The zero-order valence-electron chi connectivity index (χ0n) is 16.4. The Morgan fingerprint density at radius 3 is 2.72 bits per heavy atom. The maximum absolute atomic E-state index is 12.7. The van der Waals surface area contributed by atoms with E-state index in [0.717, 1.165) is 48.7 Å². The highest BCUT2D eigenvalue weighted by atomic mass is 16.5. The van der Waals surface area contributed by atoms with Crippen LogP contribution >= 0.6 is 0 Å². The Hall–Kier alpha value is -3.00. The molecule has 3 aromatic heterocycles. The monoisotopic (exact) mass is 392 g/mol. The lowest BCUT2D eigenvalue weighted by Crippen LogP contribution is -2.56. The number of amides is 1. The lowest BCUT2D eigenvalue weighted by atomic mass is 10.1. The number of aryl methyl sites for hydroxylation is 1. The van der Waals surface area contributed by atoms with E-state index in [4.69, 9.17) is 4.74 Å². The van der Waals surface area contributed by atoms with Crippen molar-refractivity contribution >= 4 is 17.4 Å². The van der Waals surface area contributed by atoms with E-state index in [2.05, 4.69) is 32.1 Å². The number of pyridine rings is 2. The average Bonchev–Trinajstić information content (AvgIpc) is 3.31. The van der Waals surface area contributed by atoms with E-state index >= 15 is 0 Å². The third kappa shape index (κ3) is 3.44. The molecule has 1 amide bonds. The number of nitrogens with zero attached hydrogens (tertiary/aromatic N) is 6. The van der Waals surface area contributed by atoms with Gasteiger partial charge in [-0.05, 0) is 43.5 Å². The molecule has 0 saturated carbocycles. The first-order chi connectivity index (χ1) is 14.2. The molecule has 0 aliphatic carbocycles. The van der Waals surface area contributed by atoms with Crippen molar-refractivity contribution in [1.29, 1.82) is 0 Å². The SMILES string of the molecule is Cc1ccc(N2C3CCC2CN(C(=O)COCc2cccc4ncnn24)C3)nc1. The van der Waals surface area contributed by atoms with Crippen LogP contribution in [0.25, 0.3) is 5.65 Å². The van der Waals surface area contributed by atoms with E-state index < -0.39 is 0 Å². The smallest absolute Gasteiger partial charge is 0.248 e. The van der Waals surface area contributed by atoms with Crippen molar-refractivity contribution in [1.82, 2.24) is 24.5 Å². The Labute approximate surface area is 169 Å². The minimum absolute atomic E-state index is 0.0455. The molecule has 2 unspecified atom stereocenters. The van der Waals surface area contributed by atoms with Crippen LogP contribution in [0.15, 0.2) is 42.9 Å². The Balaban J connectivity index is 1.19. The standard InChI is InChI=1S/C21H24N6O2/c1-15-5-8-19(22-9-15)26-16-6-7-17(26)11-25(10-16)21(28)13-29-12-18-3-2-4-20-23-14-24-27(18)20/h2-5,8-9,14,16-17H,6-7,10-13H2,1H3. The molecule has 2 aliphatic rings. The molecule has 0 aromatic carbocycles. The van der Waals surface area contributed by atoms with E-state index in [1.807, 2.05) is 36.2 Å². The number of hydrogen-bond donors (Lipinski definition) is 0. The summed E-state index contributed by atoms with van der Waals surface area (Å²) in [6.07, 6.45) is 5.62. The van der Waals surface area contributed by atoms with Crippen molar-refractivity contribution in [2.75, 3.05) is 24.6 Å². The quantitative estimate of drug-likeness (QED) is 0.659. The van der Waals surface area contributed by atoms with Crippen LogP contribution in [0.4, 0.5) is 5.82 Å². The highest BCUT2D eigenvalue weighted by Gasteiger charge is 2.41. The minimum atomic E-state index is 0.0455. The summed E-state index contributed by atoms with van der Waals surface area (Å²) in [4.78, 5) is 25.9. The molecule has 5 rings (SSSR count). The number of hydrogen-bond acceptors (Lipinski definition) is 6. The number of piperazine rings is 1. The number of anilines is 1. The molecule has 3 aromatic rings. The van der Waals surface area contributed by atoms with Crippen molar-refractivity contribution < 1.29 is 9.53 Å². The van der Waals surface area contributed by atoms with Crippen molar-refractivity contribution in [2.24, 2.45) is 0 Å². The van der Waals surface area contributed by atoms with E-state index in [0.29, 0.717) is 18.7 Å². The summed E-state index contributed by atoms with van der Waals surface area (Å²) in [5, 5.41) is 4.20. The molecule has 0 spiro atoms. The number of ether oxygens (including phenoxy) is 1. The molecule has 2 fully saturated rings. The van der Waals surface area contributed by atoms with Crippen LogP contribution in [0, 0.1) is 6.92 Å². The number of carbonyl (C=O) groups is 1. The van der Waals surface area contributed by atoms with Gasteiger partial charge in [0, 0.05) is 31.4 Å². The first kappa shape index (κ1) is 18.1. The number of rotatable bonds is 5. The van der Waals surface area contributed by atoms with Crippen LogP contribution in [-0.2, 0) is 16.1 Å². The zero-order chi connectivity index (χ0) is 19.8. The van der Waals surface area contributed by atoms with Crippen LogP contribution in [-0.4, -0.2) is 62.2 Å². The Morgan fingerprint density at radius 1 is 1.14 bits per heavy atom. The molecule has 2 saturated heterocycles. The van der Waals surface area contributed by atoms with E-state index in [1.165, 1.54) is 6.33 Å². The van der Waals surface area contributed by atoms with Gasteiger partial charge >= 0.3 is 0 Å². The number of carbonyl (C=O) groups excluding carboxylic acids is 1. The van der Waals surface area contributed by atoms with Gasteiger partial charge in [-0.25, -0.2) is 14.5 Å². The second-order valence-electron chi connectivity index (χ2n) is 7.82. The highest BCUT2D eigenvalue weighted by molar-refractivity contribution is 5.78. The van der Waals surface area contributed by atoms with Gasteiger partial charge in [0.15, 0.2) is 5.65 Å². The molecule has 2 atom stereocenters. The summed E-state index contributed by atoms with van der Waals surface area (Å²) in [7, 11) is 0. The second-order valence-corrected chi connectivity index (χ2v) is 7.82. The molecule has 0 N–H and O–H groups in total. The summed E-state index contributed by atoms with van der Waals surface area (Å²) < 4.78 is 7.46. The molecule has 150 valence electrons. The number of fused-ring (bicyclic) bond motifs is 3. The van der Waals surface area contributed by atoms with Crippen LogP contribution in [0.2, 0.25) is 0 Å². The summed E-state index contributed by atoms with van der Waals surface area (Å²) in [6, 6.07) is 10.6. The van der Waals surface area contributed by atoms with E-state index in [9.17, 15) is 4.79 Å². The van der Waals surface area contributed by atoms with Gasteiger partial charge in [0.25, 0.3) is 0 Å². The van der Waals surface area contributed by atoms with Gasteiger partial charge in [0.05, 0.1) is 12.3 Å². The van der Waals surface area contributed by atoms with Gasteiger partial charge in [-0.15, -0.1) is 0 Å². The Morgan fingerprint density at radius 2 is 1.97 bits per heavy atom. The predicted octanol–water partition coefficient (Wildman–Crippen LogP) is 1.83. The fourth-order valence-corrected chi connectivity index (χ4v) is 4.44. The second kappa shape index (κ2) is 7.44. The number of likely N-dealkylation sites (tertiary alicyclic amines) is 1. The largest absolute Gasteiger partial charge is 0.365 e. The molecule has 5 heterocycles. The third-order valence-electron chi connectivity index (χ3n) is 5.85. The highest BCUT2D eigenvalue weighted by Crippen LogP contribution is 2.33. The summed E-state index contributed by atoms with van der Waals surface area (Å²) in [6.45, 7) is 3.91. The van der Waals surface area contributed by atoms with Gasteiger partial charge in [-0.1, -0.05) is 12.1 Å². The van der Waals surface area contributed by atoms with Crippen LogP contribution in [0.1, 0.15) is 24.1 Å². The molecular weight excluding hydrogens is 368 g/mol. The first-order valence-electron chi connectivity index (χ1n) is 10.0. The van der Waals surface area contributed by atoms with Gasteiger partial charge < -0.3 is 14.5 Å². The van der Waals surface area contributed by atoms with Gasteiger partial charge in [-0.2, -0.15) is 5.10 Å². The summed E-state index contributed by atoms with van der Waals surface area (Å²) in [5.41, 5.74) is 2.81. The maximum Gasteiger partial charge on any atom is 0.248 e. The lowest BCUT2D eigenvalue weighted by Gasteiger charge is -2.41. The predicted molar refractivity (Wildman–Crippen MR) is 107 cm³/mol. The normalized spacial score (nSPS) is 21.1. The molecule has 2 aliphatic heterocycles. The minimum Gasteiger partial charge on any atom is -0.365 e. The average molecular weight is 392 g/mol. The third-order valence-corrected chi connectivity index (χ3v) is 5.85. The van der Waals surface area contributed by atoms with Crippen molar-refractivity contribution in [2.45, 2.75) is 38.5 Å². The summed E-state index contributed by atoms with van der Waals surface area (Å²) in [5.74, 6) is 1.07. The van der Waals surface area contributed by atoms with E-state index in [-0.39, 0.29) is 12.5 Å². The lowest BCUT2D eigenvalue weighted by molar-refractivity contribution is -0.137. The van der Waals surface area contributed by atoms with Crippen LogP contribution < -0.4 is 4.90 Å². The molecule has 8 heteroatoms. The molecular formula is C21H24N6O2. The fourth-order valence-electron chi connectivity index (χ4n) is 4.44. The number of aromatic nitrogens is 4. The first-order valence-corrected chi connectivity index (χ1v) is 10.0. The van der Waals surface area contributed by atoms with E-state index in [1.54, 1.807) is 4.52 Å². The molecule has 29 heavy (non-hydrogen) atoms. The fraction of sp³-hybridized carbons (Fsp3) is 0.429. The van der Waals surface area contributed by atoms with Gasteiger partial charge in [0.2, 0.25) is 5.91 Å².